The molecule has 0 saturated carbocycles. The number of hydrogen-bond donors (Lipinski definition) is 2. The molecule has 3 aliphatic rings. The molecule has 3 heterocycles. The van der Waals surface area contributed by atoms with Gasteiger partial charge in [0.15, 0.2) is 0 Å². The zero-order valence-electron chi connectivity index (χ0n) is 17.7. The van der Waals surface area contributed by atoms with E-state index in [2.05, 4.69) is 17.3 Å². The molecule has 0 spiro atoms. The predicted molar refractivity (Wildman–Crippen MR) is 108 cm³/mol. The van der Waals surface area contributed by atoms with Gasteiger partial charge in [-0.05, 0) is 26.3 Å². The number of carbonyl (C=O) groups is 2. The summed E-state index contributed by atoms with van der Waals surface area (Å²) in [6, 6.07) is -0.324. The summed E-state index contributed by atoms with van der Waals surface area (Å²) >= 11 is 0. The van der Waals surface area contributed by atoms with Gasteiger partial charge in [0.1, 0.15) is 6.10 Å². The number of aliphatic hydroxyl groups excluding tert-OH is 1. The highest BCUT2D eigenvalue weighted by Crippen LogP contribution is 2.28. The Morgan fingerprint density at radius 3 is 2.62 bits per heavy atom. The van der Waals surface area contributed by atoms with E-state index >= 15 is 0 Å². The summed E-state index contributed by atoms with van der Waals surface area (Å²) < 4.78 is 11.9. The smallest absolute Gasteiger partial charge is 0.317 e. The molecular weight excluding hydrogens is 376 g/mol. The van der Waals surface area contributed by atoms with Crippen molar-refractivity contribution in [2.24, 2.45) is 0 Å². The second kappa shape index (κ2) is 10.6. The Bertz CT molecular complexity index is 555. The minimum absolute atomic E-state index is 0.140. The number of nitrogens with zero attached hydrogens (tertiary/aromatic N) is 3. The van der Waals surface area contributed by atoms with Gasteiger partial charge in [-0.1, -0.05) is 6.92 Å². The minimum atomic E-state index is -0.708. The molecule has 0 aromatic carbocycles. The van der Waals surface area contributed by atoms with Crippen LogP contribution >= 0.6 is 0 Å². The van der Waals surface area contributed by atoms with E-state index < -0.39 is 6.10 Å². The van der Waals surface area contributed by atoms with Crippen molar-refractivity contribution in [2.45, 2.75) is 57.0 Å². The van der Waals surface area contributed by atoms with Crippen molar-refractivity contribution < 1.29 is 24.2 Å². The molecule has 3 rings (SSSR count). The molecule has 0 bridgehead atoms. The molecule has 9 heteroatoms. The number of β-amino-alcohol motifs (C(OH)–C–C–N with tert-alkyl or cyclic N) is 1. The van der Waals surface area contributed by atoms with Crippen molar-refractivity contribution in [1.29, 1.82) is 0 Å². The van der Waals surface area contributed by atoms with Gasteiger partial charge in [0.25, 0.3) is 0 Å². The predicted octanol–water partition coefficient (Wildman–Crippen LogP) is -0.121. The molecule has 0 aromatic heterocycles. The molecule has 0 radical (unpaired) electrons. The average molecular weight is 413 g/mol. The highest BCUT2D eigenvalue weighted by Gasteiger charge is 2.40. The van der Waals surface area contributed by atoms with Gasteiger partial charge in [-0.3, -0.25) is 4.79 Å². The van der Waals surface area contributed by atoms with Crippen molar-refractivity contribution in [3.8, 4) is 0 Å². The van der Waals surface area contributed by atoms with E-state index in [1.165, 1.54) is 0 Å². The van der Waals surface area contributed by atoms with Gasteiger partial charge in [0.2, 0.25) is 5.91 Å². The van der Waals surface area contributed by atoms with Gasteiger partial charge in [0, 0.05) is 32.7 Å². The van der Waals surface area contributed by atoms with E-state index in [1.807, 2.05) is 11.8 Å². The number of hydrogen-bond acceptors (Lipinski definition) is 6. The Morgan fingerprint density at radius 1 is 1.14 bits per heavy atom. The molecule has 3 saturated heterocycles. The number of rotatable bonds is 4. The first kappa shape index (κ1) is 22.3. The minimum Gasteiger partial charge on any atom is -0.389 e. The number of urea groups is 1. The van der Waals surface area contributed by atoms with E-state index in [-0.39, 0.29) is 43.3 Å². The Labute approximate surface area is 173 Å². The summed E-state index contributed by atoms with van der Waals surface area (Å²) in [5.41, 5.74) is 0. The maximum atomic E-state index is 12.7. The quantitative estimate of drug-likeness (QED) is 0.669. The summed E-state index contributed by atoms with van der Waals surface area (Å²) in [6.07, 6.45) is 1.53. The lowest BCUT2D eigenvalue weighted by atomic mass is 9.94. The monoisotopic (exact) mass is 412 g/mol. The highest BCUT2D eigenvalue weighted by molar-refractivity contribution is 5.77. The molecule has 4 atom stereocenters. The van der Waals surface area contributed by atoms with E-state index in [0.29, 0.717) is 26.0 Å². The molecule has 0 unspecified atom stereocenters. The van der Waals surface area contributed by atoms with Crippen molar-refractivity contribution in [3.05, 3.63) is 0 Å². The Balaban J connectivity index is 1.58. The zero-order chi connectivity index (χ0) is 20.8. The fourth-order valence-electron chi connectivity index (χ4n) is 4.29. The number of amides is 3. The van der Waals surface area contributed by atoms with Crippen LogP contribution in [0.5, 0.6) is 0 Å². The highest BCUT2D eigenvalue weighted by atomic mass is 16.5. The molecular formula is C20H36N4O5. The molecule has 166 valence electrons. The van der Waals surface area contributed by atoms with Gasteiger partial charge in [-0.2, -0.15) is 0 Å². The zero-order valence-corrected chi connectivity index (χ0v) is 17.7. The van der Waals surface area contributed by atoms with Gasteiger partial charge in [-0.15, -0.1) is 0 Å². The third-order valence-corrected chi connectivity index (χ3v) is 6.03. The Morgan fingerprint density at radius 2 is 1.90 bits per heavy atom. The first-order chi connectivity index (χ1) is 14.0. The van der Waals surface area contributed by atoms with Crippen LogP contribution < -0.4 is 5.32 Å². The summed E-state index contributed by atoms with van der Waals surface area (Å²) in [7, 11) is 2.07. The van der Waals surface area contributed by atoms with Crippen LogP contribution in [0.2, 0.25) is 0 Å². The van der Waals surface area contributed by atoms with Crippen LogP contribution in [0.4, 0.5) is 4.79 Å². The molecule has 3 fully saturated rings. The number of likely N-dealkylation sites (N-methyl/N-ethyl adjacent to an activating group) is 1. The molecule has 0 aromatic rings. The fourth-order valence-corrected chi connectivity index (χ4v) is 4.29. The number of carbonyl (C=O) groups excluding carboxylic acids is 2. The lowest BCUT2D eigenvalue weighted by Gasteiger charge is -2.44. The third-order valence-electron chi connectivity index (χ3n) is 6.03. The number of nitrogens with one attached hydrogen (secondary N) is 1. The van der Waals surface area contributed by atoms with Crippen LogP contribution in [0, 0.1) is 0 Å². The van der Waals surface area contributed by atoms with Crippen LogP contribution in [0.15, 0.2) is 0 Å². The normalized spacial score (nSPS) is 31.6. The number of ether oxygens (including phenoxy) is 2. The lowest BCUT2D eigenvalue weighted by Crippen LogP contribution is -2.59. The second-order valence-corrected chi connectivity index (χ2v) is 8.40. The van der Waals surface area contributed by atoms with E-state index in [4.69, 9.17) is 9.47 Å². The Hall–Kier alpha value is -1.42. The average Bonchev–Trinajstić information content (AvgIpc) is 2.70. The summed E-state index contributed by atoms with van der Waals surface area (Å²) in [4.78, 5) is 31.2. The van der Waals surface area contributed by atoms with Crippen molar-refractivity contribution >= 4 is 11.9 Å². The molecule has 3 amide bonds. The number of piperazine rings is 1. The topological polar surface area (TPSA) is 94.6 Å². The standard InChI is InChI=1S/C20H36N4O5/c1-3-6-21-20(27)24-12-15(25)13-28-14-18-17(24)5-4-16(29-18)11-19(26)23-9-7-22(2)8-10-23/h15-18,25H,3-14H2,1-2H3,(H,21,27)/t15-,16-,17-,18+/m0/s1. The van der Waals surface area contributed by atoms with Gasteiger partial charge < -0.3 is 34.6 Å². The summed E-state index contributed by atoms with van der Waals surface area (Å²) in [6.45, 7) is 6.66. The van der Waals surface area contributed by atoms with Gasteiger partial charge >= 0.3 is 6.03 Å². The van der Waals surface area contributed by atoms with Crippen molar-refractivity contribution in [1.82, 2.24) is 20.0 Å². The fraction of sp³-hybridized carbons (Fsp3) is 0.900. The molecule has 29 heavy (non-hydrogen) atoms. The van der Waals surface area contributed by atoms with Crippen molar-refractivity contribution in [2.75, 3.05) is 59.5 Å². The van der Waals surface area contributed by atoms with E-state index in [9.17, 15) is 14.7 Å². The molecule has 0 aliphatic carbocycles. The molecule has 3 aliphatic heterocycles. The van der Waals surface area contributed by atoms with Crippen LogP contribution in [-0.4, -0.2) is 116 Å². The van der Waals surface area contributed by atoms with E-state index in [1.54, 1.807) is 4.90 Å². The summed E-state index contributed by atoms with van der Waals surface area (Å²) in [5, 5.41) is 13.1. The third kappa shape index (κ3) is 6.04. The SMILES string of the molecule is CCCNC(=O)N1C[C@H](O)COC[C@H]2O[C@H](CC(=O)N3CCN(C)CC3)CC[C@@H]21. The van der Waals surface area contributed by atoms with Crippen LogP contribution in [0.25, 0.3) is 0 Å². The van der Waals surface area contributed by atoms with Crippen molar-refractivity contribution in [3.63, 3.8) is 0 Å². The lowest BCUT2D eigenvalue weighted by molar-refractivity contribution is -0.155. The van der Waals surface area contributed by atoms with Gasteiger partial charge in [-0.25, -0.2) is 4.79 Å². The largest absolute Gasteiger partial charge is 0.389 e. The second-order valence-electron chi connectivity index (χ2n) is 8.40. The van der Waals surface area contributed by atoms with Crippen LogP contribution in [-0.2, 0) is 14.3 Å². The first-order valence-corrected chi connectivity index (χ1v) is 10.9. The van der Waals surface area contributed by atoms with Gasteiger partial charge in [0.05, 0.1) is 44.4 Å². The summed E-state index contributed by atoms with van der Waals surface area (Å²) in [5.74, 6) is 0.140. The molecule has 9 nitrogen and oxygen atoms in total. The number of fused-ring (bicyclic) bond motifs is 1. The maximum Gasteiger partial charge on any atom is 0.317 e. The van der Waals surface area contributed by atoms with E-state index in [0.717, 1.165) is 39.0 Å². The maximum absolute atomic E-state index is 12.7. The van der Waals surface area contributed by atoms with Crippen LogP contribution in [0.3, 0.4) is 0 Å². The number of aliphatic hydroxyl groups is 1. The van der Waals surface area contributed by atoms with Crippen LogP contribution in [0.1, 0.15) is 32.6 Å². The first-order valence-electron chi connectivity index (χ1n) is 10.9. The Kier molecular flexibility index (Phi) is 8.11. The molecule has 2 N–H and O–H groups in total.